The molecule has 0 aliphatic heterocycles. The molecule has 0 spiro atoms. The van der Waals surface area contributed by atoms with Gasteiger partial charge in [-0.1, -0.05) is 23.7 Å². The number of carbonyl (C=O) groups is 2. The highest BCUT2D eigenvalue weighted by Crippen LogP contribution is 2.31. The van der Waals surface area contributed by atoms with Gasteiger partial charge in [-0.25, -0.2) is 0 Å². The van der Waals surface area contributed by atoms with E-state index < -0.39 is 0 Å². The molecule has 136 valence electrons. The lowest BCUT2D eigenvalue weighted by Gasteiger charge is -2.07. The number of hydrogen-bond donors (Lipinski definition) is 2. The molecule has 0 bridgehead atoms. The summed E-state index contributed by atoms with van der Waals surface area (Å²) in [6.07, 6.45) is 1.94. The Kier molecular flexibility index (Phi) is 4.97. The van der Waals surface area contributed by atoms with Gasteiger partial charge < -0.3 is 10.6 Å². The van der Waals surface area contributed by atoms with Crippen LogP contribution < -0.4 is 10.6 Å². The first-order chi connectivity index (χ1) is 13.1. The van der Waals surface area contributed by atoms with Crippen LogP contribution in [0, 0.1) is 5.92 Å². The summed E-state index contributed by atoms with van der Waals surface area (Å²) in [5.74, 6) is 0.0770. The second-order valence-electron chi connectivity index (χ2n) is 6.47. The number of thiophene rings is 1. The molecule has 4 rings (SSSR count). The predicted molar refractivity (Wildman–Crippen MR) is 111 cm³/mol. The molecule has 6 heteroatoms. The SMILES string of the molecule is O=C(Nc1ccc(NC(=O)C2CC2)cc1)c1ccc(-c2ccc(Cl)cc2)s1. The van der Waals surface area contributed by atoms with E-state index in [2.05, 4.69) is 10.6 Å². The van der Waals surface area contributed by atoms with E-state index in [-0.39, 0.29) is 17.7 Å². The average molecular weight is 397 g/mol. The Labute approximate surface area is 166 Å². The van der Waals surface area contributed by atoms with Gasteiger partial charge in [0.25, 0.3) is 5.91 Å². The Balaban J connectivity index is 1.40. The number of nitrogens with one attached hydrogen (secondary N) is 2. The van der Waals surface area contributed by atoms with E-state index in [0.29, 0.717) is 15.6 Å². The van der Waals surface area contributed by atoms with Crippen molar-refractivity contribution in [3.63, 3.8) is 0 Å². The van der Waals surface area contributed by atoms with Gasteiger partial charge >= 0.3 is 0 Å². The minimum absolute atomic E-state index is 0.0695. The molecule has 1 saturated carbocycles. The molecule has 0 saturated heterocycles. The van der Waals surface area contributed by atoms with Crippen LogP contribution in [0.4, 0.5) is 11.4 Å². The van der Waals surface area contributed by atoms with E-state index in [1.54, 1.807) is 24.3 Å². The van der Waals surface area contributed by atoms with E-state index >= 15 is 0 Å². The second kappa shape index (κ2) is 7.55. The summed E-state index contributed by atoms with van der Waals surface area (Å²) >= 11 is 7.35. The zero-order chi connectivity index (χ0) is 18.8. The van der Waals surface area contributed by atoms with Crippen LogP contribution in [0.25, 0.3) is 10.4 Å². The molecule has 1 fully saturated rings. The third-order valence-electron chi connectivity index (χ3n) is 4.32. The summed E-state index contributed by atoms with van der Waals surface area (Å²) in [6, 6.07) is 18.4. The fourth-order valence-electron chi connectivity index (χ4n) is 2.65. The van der Waals surface area contributed by atoms with Crippen LogP contribution in [-0.2, 0) is 4.79 Å². The van der Waals surface area contributed by atoms with Gasteiger partial charge in [0, 0.05) is 27.2 Å². The molecule has 1 heterocycles. The topological polar surface area (TPSA) is 58.2 Å². The van der Waals surface area contributed by atoms with Gasteiger partial charge in [0.15, 0.2) is 0 Å². The highest BCUT2D eigenvalue weighted by molar-refractivity contribution is 7.17. The number of halogens is 1. The Hall–Kier alpha value is -2.63. The first-order valence-corrected chi connectivity index (χ1v) is 9.86. The number of hydrogen-bond acceptors (Lipinski definition) is 3. The maximum atomic E-state index is 12.5. The highest BCUT2D eigenvalue weighted by Gasteiger charge is 2.29. The largest absolute Gasteiger partial charge is 0.326 e. The zero-order valence-electron chi connectivity index (χ0n) is 14.4. The summed E-state index contributed by atoms with van der Waals surface area (Å²) in [7, 11) is 0. The van der Waals surface area contributed by atoms with Gasteiger partial charge in [-0.3, -0.25) is 9.59 Å². The van der Waals surface area contributed by atoms with Gasteiger partial charge in [0.05, 0.1) is 4.88 Å². The van der Waals surface area contributed by atoms with Crippen molar-refractivity contribution in [1.29, 1.82) is 0 Å². The molecule has 1 aliphatic carbocycles. The Morgan fingerprint density at radius 1 is 0.852 bits per heavy atom. The van der Waals surface area contributed by atoms with Crippen molar-refractivity contribution in [2.75, 3.05) is 10.6 Å². The third-order valence-corrected chi connectivity index (χ3v) is 5.70. The van der Waals surface area contributed by atoms with Crippen molar-refractivity contribution in [1.82, 2.24) is 0 Å². The summed E-state index contributed by atoms with van der Waals surface area (Å²) in [4.78, 5) is 25.9. The molecule has 1 aromatic heterocycles. The van der Waals surface area contributed by atoms with Gasteiger partial charge in [-0.2, -0.15) is 0 Å². The summed E-state index contributed by atoms with van der Waals surface area (Å²) < 4.78 is 0. The van der Waals surface area contributed by atoms with E-state index in [9.17, 15) is 9.59 Å². The van der Waals surface area contributed by atoms with E-state index in [1.807, 2.05) is 36.4 Å². The molecule has 2 aromatic carbocycles. The average Bonchev–Trinajstić information content (AvgIpc) is 3.41. The smallest absolute Gasteiger partial charge is 0.265 e. The standard InChI is InChI=1S/C21H17ClN2O2S/c22-15-5-3-13(4-6-15)18-11-12-19(27-18)21(26)24-17-9-7-16(8-10-17)23-20(25)14-1-2-14/h3-12,14H,1-2H2,(H,23,25)(H,24,26). The van der Waals surface area contributed by atoms with Gasteiger partial charge in [0.1, 0.15) is 0 Å². The van der Waals surface area contributed by atoms with E-state index in [0.717, 1.165) is 29.0 Å². The van der Waals surface area contributed by atoms with Crippen LogP contribution in [0.5, 0.6) is 0 Å². The van der Waals surface area contributed by atoms with Crippen LogP contribution in [-0.4, -0.2) is 11.8 Å². The zero-order valence-corrected chi connectivity index (χ0v) is 15.9. The van der Waals surface area contributed by atoms with E-state index in [4.69, 9.17) is 11.6 Å². The third kappa shape index (κ3) is 4.38. The summed E-state index contributed by atoms with van der Waals surface area (Å²) in [5, 5.41) is 6.45. The number of amides is 2. The van der Waals surface area contributed by atoms with Crippen molar-refractivity contribution >= 4 is 46.1 Å². The second-order valence-corrected chi connectivity index (χ2v) is 7.99. The molecule has 2 N–H and O–H groups in total. The molecule has 4 nitrogen and oxygen atoms in total. The minimum atomic E-state index is -0.157. The van der Waals surface area contributed by atoms with Crippen molar-refractivity contribution in [2.24, 2.45) is 5.92 Å². The molecule has 0 radical (unpaired) electrons. The maximum absolute atomic E-state index is 12.5. The number of anilines is 2. The normalized spacial score (nSPS) is 13.2. The monoisotopic (exact) mass is 396 g/mol. The Morgan fingerprint density at radius 3 is 2.11 bits per heavy atom. The fraction of sp³-hybridized carbons (Fsp3) is 0.143. The van der Waals surface area contributed by atoms with Gasteiger partial charge in [-0.15, -0.1) is 11.3 Å². The quantitative estimate of drug-likeness (QED) is 0.583. The number of carbonyl (C=O) groups excluding carboxylic acids is 2. The minimum Gasteiger partial charge on any atom is -0.326 e. The fourth-order valence-corrected chi connectivity index (χ4v) is 3.68. The highest BCUT2D eigenvalue weighted by atomic mass is 35.5. The first kappa shape index (κ1) is 17.8. The number of benzene rings is 2. The molecular formula is C21H17ClN2O2S. The van der Waals surface area contributed by atoms with Crippen LogP contribution in [0.3, 0.4) is 0 Å². The number of rotatable bonds is 5. The molecule has 27 heavy (non-hydrogen) atoms. The lowest BCUT2D eigenvalue weighted by atomic mass is 10.2. The van der Waals surface area contributed by atoms with Crippen molar-refractivity contribution in [3.05, 3.63) is 70.6 Å². The van der Waals surface area contributed by atoms with Crippen molar-refractivity contribution < 1.29 is 9.59 Å². The lowest BCUT2D eigenvalue weighted by molar-refractivity contribution is -0.117. The molecule has 2 amide bonds. The summed E-state index contributed by atoms with van der Waals surface area (Å²) in [6.45, 7) is 0. The van der Waals surface area contributed by atoms with Crippen LogP contribution in [0.2, 0.25) is 5.02 Å². The van der Waals surface area contributed by atoms with E-state index in [1.165, 1.54) is 11.3 Å². The van der Waals surface area contributed by atoms with Crippen molar-refractivity contribution in [3.8, 4) is 10.4 Å². The molecule has 1 aliphatic rings. The van der Waals surface area contributed by atoms with Crippen LogP contribution >= 0.6 is 22.9 Å². The predicted octanol–water partition coefficient (Wildman–Crippen LogP) is 5.67. The van der Waals surface area contributed by atoms with Crippen molar-refractivity contribution in [2.45, 2.75) is 12.8 Å². The Morgan fingerprint density at radius 2 is 1.48 bits per heavy atom. The molecular weight excluding hydrogens is 380 g/mol. The lowest BCUT2D eigenvalue weighted by Crippen LogP contribution is -2.13. The van der Waals surface area contributed by atoms with Gasteiger partial charge in [0.2, 0.25) is 5.91 Å². The van der Waals surface area contributed by atoms with Crippen LogP contribution in [0.15, 0.2) is 60.7 Å². The summed E-state index contributed by atoms with van der Waals surface area (Å²) in [5.41, 5.74) is 2.45. The molecule has 0 atom stereocenters. The molecule has 0 unspecified atom stereocenters. The first-order valence-electron chi connectivity index (χ1n) is 8.66. The van der Waals surface area contributed by atoms with Crippen LogP contribution in [0.1, 0.15) is 22.5 Å². The van der Waals surface area contributed by atoms with Gasteiger partial charge in [-0.05, 0) is 66.9 Å². The Bertz CT molecular complexity index is 976. The molecule has 3 aromatic rings. The maximum Gasteiger partial charge on any atom is 0.265 e.